The summed E-state index contributed by atoms with van der Waals surface area (Å²) < 4.78 is 39.4. The van der Waals surface area contributed by atoms with Crippen LogP contribution in [0.15, 0.2) is 51.8 Å². The maximum absolute atomic E-state index is 13.5. The first-order valence-corrected chi connectivity index (χ1v) is 13.7. The molecule has 5 rings (SSSR count). The van der Waals surface area contributed by atoms with Gasteiger partial charge in [0.05, 0.1) is 10.6 Å². The normalized spacial score (nSPS) is 22.4. The predicted octanol–water partition coefficient (Wildman–Crippen LogP) is 2.95. The smallest absolute Gasteiger partial charge is 0.325 e. The first kappa shape index (κ1) is 23.9. The van der Waals surface area contributed by atoms with Crippen LogP contribution in [0.1, 0.15) is 30.4 Å². The van der Waals surface area contributed by atoms with Gasteiger partial charge in [-0.1, -0.05) is 47.0 Å². The van der Waals surface area contributed by atoms with Crippen molar-refractivity contribution in [1.82, 2.24) is 15.1 Å². The lowest BCUT2D eigenvalue weighted by Crippen LogP contribution is -2.47. The molecule has 1 saturated heterocycles. The number of benzene rings is 2. The number of urea groups is 1. The third-order valence-corrected chi connectivity index (χ3v) is 9.07. The zero-order valence-electron chi connectivity index (χ0n) is 18.7. The van der Waals surface area contributed by atoms with Gasteiger partial charge in [0.1, 0.15) is 12.4 Å². The second-order valence-corrected chi connectivity index (χ2v) is 12.2. The summed E-state index contributed by atoms with van der Waals surface area (Å²) in [5.74, 6) is -1.62. The van der Waals surface area contributed by atoms with Gasteiger partial charge in [0.15, 0.2) is 15.4 Å². The molecule has 3 aliphatic rings. The van der Waals surface area contributed by atoms with Crippen molar-refractivity contribution in [2.45, 2.75) is 36.2 Å². The van der Waals surface area contributed by atoms with Crippen molar-refractivity contribution in [1.29, 1.82) is 0 Å². The molecule has 1 atom stereocenters. The first-order chi connectivity index (χ1) is 16.6. The van der Waals surface area contributed by atoms with Crippen molar-refractivity contribution < 1.29 is 27.2 Å². The molecule has 0 aromatic heterocycles. The van der Waals surface area contributed by atoms with Crippen LogP contribution in [-0.4, -0.2) is 54.9 Å². The third kappa shape index (κ3) is 4.47. The number of hydrogen-bond acceptors (Lipinski definition) is 5. The van der Waals surface area contributed by atoms with Crippen LogP contribution in [0, 0.1) is 11.7 Å². The minimum absolute atomic E-state index is 0.0175. The average Bonchev–Trinajstić information content (AvgIpc) is 3.57. The maximum atomic E-state index is 13.5. The lowest BCUT2D eigenvalue weighted by Gasteiger charge is -2.25. The van der Waals surface area contributed by atoms with Gasteiger partial charge in [0.2, 0.25) is 5.91 Å². The number of halogens is 2. The number of nitrogens with one attached hydrogen (secondary N) is 1. The van der Waals surface area contributed by atoms with E-state index in [1.165, 1.54) is 24.3 Å². The number of sulfone groups is 1. The Morgan fingerprint density at radius 2 is 1.89 bits per heavy atom. The number of nitrogens with zero attached hydrogens (tertiary/aromatic N) is 2. The summed E-state index contributed by atoms with van der Waals surface area (Å²) >= 11 is 3.24. The summed E-state index contributed by atoms with van der Waals surface area (Å²) in [6.07, 6.45) is 3.02. The van der Waals surface area contributed by atoms with E-state index < -0.39 is 45.5 Å². The summed E-state index contributed by atoms with van der Waals surface area (Å²) in [7, 11) is -3.82. The summed E-state index contributed by atoms with van der Waals surface area (Å²) in [6.45, 7) is 0.150. The molecule has 184 valence electrons. The molecule has 11 heteroatoms. The molecule has 35 heavy (non-hydrogen) atoms. The van der Waals surface area contributed by atoms with Crippen LogP contribution in [0.25, 0.3) is 0 Å². The van der Waals surface area contributed by atoms with Crippen LogP contribution in [0.5, 0.6) is 0 Å². The van der Waals surface area contributed by atoms with E-state index in [0.29, 0.717) is 16.9 Å². The highest BCUT2D eigenvalue weighted by atomic mass is 79.9. The predicted molar refractivity (Wildman–Crippen MR) is 127 cm³/mol. The van der Waals surface area contributed by atoms with Crippen LogP contribution in [0.2, 0.25) is 0 Å². The van der Waals surface area contributed by atoms with Gasteiger partial charge in [-0.25, -0.2) is 17.6 Å². The highest BCUT2D eigenvalue weighted by Crippen LogP contribution is 2.43. The Balaban J connectivity index is 1.38. The molecule has 1 saturated carbocycles. The van der Waals surface area contributed by atoms with E-state index in [9.17, 15) is 27.2 Å². The van der Waals surface area contributed by atoms with E-state index in [2.05, 4.69) is 21.2 Å². The Morgan fingerprint density at radius 1 is 1.17 bits per heavy atom. The molecule has 2 aromatic carbocycles. The fourth-order valence-electron chi connectivity index (χ4n) is 4.68. The van der Waals surface area contributed by atoms with Crippen LogP contribution < -0.4 is 5.32 Å². The molecule has 8 nitrogen and oxygen atoms in total. The average molecular weight is 564 g/mol. The van der Waals surface area contributed by atoms with Crippen LogP contribution in [0.4, 0.5) is 9.18 Å². The van der Waals surface area contributed by atoms with Crippen LogP contribution in [0.3, 0.4) is 0 Å². The molecular formula is C24H23BrFN3O5S. The number of hydrogen-bond donors (Lipinski definition) is 1. The van der Waals surface area contributed by atoms with Crippen LogP contribution >= 0.6 is 15.9 Å². The highest BCUT2D eigenvalue weighted by molar-refractivity contribution is 9.10. The van der Waals surface area contributed by atoms with Crippen molar-refractivity contribution >= 4 is 43.6 Å². The maximum Gasteiger partial charge on any atom is 0.325 e. The fraction of sp³-hybridized carbons (Fsp3) is 0.375. The molecule has 2 aliphatic heterocycles. The van der Waals surface area contributed by atoms with E-state index in [4.69, 9.17) is 0 Å². The Hall–Kier alpha value is -2.79. The summed E-state index contributed by atoms with van der Waals surface area (Å²) in [5.41, 5.74) is -0.821. The van der Waals surface area contributed by atoms with Gasteiger partial charge in [0.25, 0.3) is 5.91 Å². The lowest BCUT2D eigenvalue weighted by molar-refractivity contribution is -0.139. The number of carbonyl (C=O) groups excluding carboxylic acids is 3. The van der Waals surface area contributed by atoms with Gasteiger partial charge in [0, 0.05) is 23.1 Å². The second kappa shape index (κ2) is 8.70. The van der Waals surface area contributed by atoms with Gasteiger partial charge >= 0.3 is 6.03 Å². The Morgan fingerprint density at radius 3 is 2.57 bits per heavy atom. The molecule has 0 bridgehead atoms. The fourth-order valence-corrected chi connectivity index (χ4v) is 7.15. The molecule has 1 aliphatic carbocycles. The van der Waals surface area contributed by atoms with Gasteiger partial charge in [-0.05, 0) is 42.2 Å². The summed E-state index contributed by atoms with van der Waals surface area (Å²) in [6, 6.07) is 9.53. The SMILES string of the molecule is O=C(CN1C(=O)NC2(CS(=O)(=O)c3cc(Br)ccc32)C1=O)N(CCC1CC1)Cc1ccc(F)cc1. The van der Waals surface area contributed by atoms with Gasteiger partial charge in [-0.2, -0.15) is 0 Å². The molecule has 4 amide bonds. The molecule has 1 spiro atoms. The Bertz CT molecular complexity index is 1330. The lowest BCUT2D eigenvalue weighted by atomic mass is 9.92. The van der Waals surface area contributed by atoms with Crippen molar-refractivity contribution in [2.75, 3.05) is 18.8 Å². The standard InChI is InChI=1S/C24H23BrFN3O5S/c25-17-5-8-19-20(11-17)35(33,34)14-24(19)22(31)29(23(32)27-24)13-21(30)28(10-9-15-1-2-15)12-16-3-6-18(26)7-4-16/h3-8,11,15H,1-2,9-10,12-14H2,(H,27,32). The molecule has 1 unspecified atom stereocenters. The van der Waals surface area contributed by atoms with Crippen molar-refractivity contribution in [2.24, 2.45) is 5.92 Å². The van der Waals surface area contributed by atoms with Crippen molar-refractivity contribution in [3.8, 4) is 0 Å². The number of carbonyl (C=O) groups is 3. The Kier molecular flexibility index (Phi) is 5.95. The zero-order valence-corrected chi connectivity index (χ0v) is 21.1. The summed E-state index contributed by atoms with van der Waals surface area (Å²) in [5, 5.41) is 2.55. The van der Waals surface area contributed by atoms with Crippen molar-refractivity contribution in [3.63, 3.8) is 0 Å². The quantitative estimate of drug-likeness (QED) is 0.521. The van der Waals surface area contributed by atoms with E-state index >= 15 is 0 Å². The van der Waals surface area contributed by atoms with E-state index in [0.717, 1.165) is 29.7 Å². The van der Waals surface area contributed by atoms with Gasteiger partial charge < -0.3 is 10.2 Å². The number of rotatable bonds is 7. The summed E-state index contributed by atoms with van der Waals surface area (Å²) in [4.78, 5) is 41.9. The molecule has 2 aromatic rings. The highest BCUT2D eigenvalue weighted by Gasteiger charge is 2.60. The minimum atomic E-state index is -3.82. The van der Waals surface area contributed by atoms with E-state index in [1.54, 1.807) is 23.1 Å². The first-order valence-electron chi connectivity index (χ1n) is 11.3. The topological polar surface area (TPSA) is 104 Å². The zero-order chi connectivity index (χ0) is 25.0. The molecule has 2 heterocycles. The second-order valence-electron chi connectivity index (χ2n) is 9.30. The molecular weight excluding hydrogens is 541 g/mol. The van der Waals surface area contributed by atoms with Crippen molar-refractivity contribution in [3.05, 3.63) is 63.9 Å². The minimum Gasteiger partial charge on any atom is -0.337 e. The molecule has 1 N–H and O–H groups in total. The number of imide groups is 1. The van der Waals surface area contributed by atoms with Crippen LogP contribution in [-0.2, 0) is 31.5 Å². The number of amides is 4. The largest absolute Gasteiger partial charge is 0.337 e. The third-order valence-electron chi connectivity index (χ3n) is 6.76. The number of fused-ring (bicyclic) bond motifs is 2. The monoisotopic (exact) mass is 563 g/mol. The van der Waals surface area contributed by atoms with E-state index in [-0.39, 0.29) is 22.8 Å². The van der Waals surface area contributed by atoms with Gasteiger partial charge in [-0.15, -0.1) is 0 Å². The molecule has 2 fully saturated rings. The Labute approximate surface area is 210 Å². The molecule has 0 radical (unpaired) electrons. The van der Waals surface area contributed by atoms with Gasteiger partial charge in [-0.3, -0.25) is 14.5 Å². The van der Waals surface area contributed by atoms with E-state index in [1.807, 2.05) is 0 Å².